The number of hydrogen-bond donors (Lipinski definition) is 2. The van der Waals surface area contributed by atoms with Gasteiger partial charge in [-0.25, -0.2) is 4.79 Å². The second kappa shape index (κ2) is 10.7. The van der Waals surface area contributed by atoms with Gasteiger partial charge in [-0.1, -0.05) is 19.9 Å². The molecule has 2 aromatic rings. The second-order valence-corrected chi connectivity index (χ2v) is 9.26. The molecule has 0 saturated carbocycles. The van der Waals surface area contributed by atoms with Crippen molar-refractivity contribution in [2.45, 2.75) is 46.5 Å². The summed E-state index contributed by atoms with van der Waals surface area (Å²) in [7, 11) is 0. The maximum atomic E-state index is 12.7. The summed E-state index contributed by atoms with van der Waals surface area (Å²) < 4.78 is 11.0. The first-order valence-corrected chi connectivity index (χ1v) is 11.8. The van der Waals surface area contributed by atoms with E-state index in [1.165, 1.54) is 16.2 Å². The third-order valence-corrected chi connectivity index (χ3v) is 6.33. The summed E-state index contributed by atoms with van der Waals surface area (Å²) in [5.41, 5.74) is 2.02. The van der Waals surface area contributed by atoms with Crippen LogP contribution in [0.15, 0.2) is 24.3 Å². The fraction of sp³-hybridized carbons (Fsp3) is 0.435. The van der Waals surface area contributed by atoms with Crippen LogP contribution in [-0.4, -0.2) is 30.2 Å². The molecule has 3 rings (SSSR count). The van der Waals surface area contributed by atoms with E-state index in [-0.39, 0.29) is 17.0 Å². The Morgan fingerprint density at radius 2 is 2.06 bits per heavy atom. The first-order chi connectivity index (χ1) is 14.9. The van der Waals surface area contributed by atoms with E-state index in [0.29, 0.717) is 41.0 Å². The molecular weight excluding hydrogens is 432 g/mol. The van der Waals surface area contributed by atoms with Crippen LogP contribution >= 0.6 is 23.6 Å². The molecule has 2 N–H and O–H groups in total. The molecule has 1 aromatic carbocycles. The number of nitrogens with one attached hydrogen (secondary N) is 2. The molecule has 0 atom stereocenters. The van der Waals surface area contributed by atoms with E-state index in [2.05, 4.69) is 24.5 Å². The average Bonchev–Trinajstić information content (AvgIpc) is 3.28. The van der Waals surface area contributed by atoms with Gasteiger partial charge in [-0.15, -0.1) is 11.3 Å². The summed E-state index contributed by atoms with van der Waals surface area (Å²) in [6, 6.07) is 7.00. The number of thiophene rings is 1. The zero-order valence-electron chi connectivity index (χ0n) is 18.1. The topological polar surface area (TPSA) is 76.7 Å². The number of ether oxygens (including phenoxy) is 2. The number of carbonyl (C=O) groups excluding carboxylic acids is 2. The lowest BCUT2D eigenvalue weighted by Crippen LogP contribution is -2.34. The van der Waals surface area contributed by atoms with E-state index >= 15 is 0 Å². The number of anilines is 1. The lowest BCUT2D eigenvalue weighted by atomic mass is 10.1. The zero-order chi connectivity index (χ0) is 22.4. The van der Waals surface area contributed by atoms with Crippen molar-refractivity contribution in [3.05, 3.63) is 45.8 Å². The molecule has 1 aliphatic carbocycles. The molecule has 0 spiro atoms. The van der Waals surface area contributed by atoms with Gasteiger partial charge in [-0.2, -0.15) is 0 Å². The number of esters is 1. The van der Waals surface area contributed by atoms with E-state index < -0.39 is 0 Å². The quantitative estimate of drug-likeness (QED) is 0.428. The van der Waals surface area contributed by atoms with E-state index in [9.17, 15) is 9.59 Å². The maximum absolute atomic E-state index is 12.7. The number of benzene rings is 1. The van der Waals surface area contributed by atoms with Crippen molar-refractivity contribution in [1.82, 2.24) is 5.32 Å². The SMILES string of the molecule is CCOC(=O)c1c(NC(=S)NC(=O)c2cccc(OCCC(C)C)c2)sc2c1CCC2. The highest BCUT2D eigenvalue weighted by molar-refractivity contribution is 7.80. The molecule has 0 saturated heterocycles. The minimum Gasteiger partial charge on any atom is -0.494 e. The van der Waals surface area contributed by atoms with Gasteiger partial charge in [-0.3, -0.25) is 10.1 Å². The van der Waals surface area contributed by atoms with Crippen LogP contribution in [0.2, 0.25) is 0 Å². The molecule has 166 valence electrons. The fourth-order valence-electron chi connectivity index (χ4n) is 3.36. The van der Waals surface area contributed by atoms with Gasteiger partial charge in [0, 0.05) is 10.4 Å². The minimum absolute atomic E-state index is 0.140. The summed E-state index contributed by atoms with van der Waals surface area (Å²) in [4.78, 5) is 26.3. The third-order valence-electron chi connectivity index (χ3n) is 4.92. The standard InChI is InChI=1S/C23H28N2O4S2/c1-4-28-22(27)19-17-9-6-10-18(17)31-21(19)25-23(30)24-20(26)15-7-5-8-16(13-15)29-12-11-14(2)3/h5,7-8,13-14H,4,6,9-12H2,1-3H3,(H2,24,25,26,30). The minimum atomic E-state index is -0.357. The smallest absolute Gasteiger partial charge is 0.341 e. The highest BCUT2D eigenvalue weighted by atomic mass is 32.1. The van der Waals surface area contributed by atoms with Crippen LogP contribution in [0.3, 0.4) is 0 Å². The van der Waals surface area contributed by atoms with E-state index in [0.717, 1.165) is 31.2 Å². The molecule has 31 heavy (non-hydrogen) atoms. The molecule has 0 bridgehead atoms. The van der Waals surface area contributed by atoms with Crippen molar-refractivity contribution in [3.8, 4) is 5.75 Å². The number of amides is 1. The Hall–Kier alpha value is -2.45. The van der Waals surface area contributed by atoms with Gasteiger partial charge >= 0.3 is 5.97 Å². The van der Waals surface area contributed by atoms with E-state index in [1.807, 2.05) is 6.07 Å². The van der Waals surface area contributed by atoms with Crippen LogP contribution in [0.4, 0.5) is 5.00 Å². The predicted octanol–water partition coefficient (Wildman–Crippen LogP) is 4.97. The predicted molar refractivity (Wildman–Crippen MR) is 127 cm³/mol. The number of rotatable bonds is 8. The summed E-state index contributed by atoms with van der Waals surface area (Å²) in [6.07, 6.45) is 3.77. The van der Waals surface area contributed by atoms with Gasteiger partial charge in [-0.05, 0) is 74.5 Å². The Labute approximate surface area is 192 Å². The largest absolute Gasteiger partial charge is 0.494 e. The highest BCUT2D eigenvalue weighted by Crippen LogP contribution is 2.39. The lowest BCUT2D eigenvalue weighted by Gasteiger charge is -2.12. The summed E-state index contributed by atoms with van der Waals surface area (Å²) >= 11 is 6.84. The fourth-order valence-corrected chi connectivity index (χ4v) is 4.90. The molecule has 0 unspecified atom stereocenters. The molecular formula is C23H28N2O4S2. The van der Waals surface area contributed by atoms with Crippen LogP contribution in [-0.2, 0) is 17.6 Å². The first kappa shape index (κ1) is 23.2. The number of aryl methyl sites for hydroxylation is 1. The first-order valence-electron chi connectivity index (χ1n) is 10.6. The average molecular weight is 461 g/mol. The van der Waals surface area contributed by atoms with Gasteiger partial charge in [0.1, 0.15) is 10.8 Å². The van der Waals surface area contributed by atoms with Crippen molar-refractivity contribution < 1.29 is 19.1 Å². The van der Waals surface area contributed by atoms with Crippen LogP contribution in [0.5, 0.6) is 5.75 Å². The second-order valence-electron chi connectivity index (χ2n) is 7.75. The Balaban J connectivity index is 1.65. The van der Waals surface area contributed by atoms with Crippen molar-refractivity contribution in [2.24, 2.45) is 5.92 Å². The van der Waals surface area contributed by atoms with Crippen LogP contribution in [0.1, 0.15) is 64.8 Å². The van der Waals surface area contributed by atoms with Gasteiger partial charge in [0.25, 0.3) is 5.91 Å². The summed E-state index contributed by atoms with van der Waals surface area (Å²) in [5, 5.41) is 6.48. The number of fused-ring (bicyclic) bond motifs is 1. The molecule has 0 aliphatic heterocycles. The summed E-state index contributed by atoms with van der Waals surface area (Å²) in [6.45, 7) is 6.96. The molecule has 0 radical (unpaired) electrons. The molecule has 1 amide bonds. The van der Waals surface area contributed by atoms with Gasteiger partial charge in [0.05, 0.1) is 18.8 Å². The Bertz CT molecular complexity index is 968. The molecule has 8 heteroatoms. The van der Waals surface area contributed by atoms with Crippen LogP contribution in [0, 0.1) is 5.92 Å². The normalized spacial score (nSPS) is 12.4. The highest BCUT2D eigenvalue weighted by Gasteiger charge is 2.28. The third kappa shape index (κ3) is 6.04. The summed E-state index contributed by atoms with van der Waals surface area (Å²) in [5.74, 6) is 0.498. The Morgan fingerprint density at radius 1 is 1.26 bits per heavy atom. The van der Waals surface area contributed by atoms with Crippen LogP contribution < -0.4 is 15.4 Å². The lowest BCUT2D eigenvalue weighted by molar-refractivity contribution is 0.0527. The zero-order valence-corrected chi connectivity index (χ0v) is 19.7. The molecule has 0 fully saturated rings. The van der Waals surface area contributed by atoms with Crippen molar-refractivity contribution in [1.29, 1.82) is 0 Å². The number of thiocarbonyl (C=S) groups is 1. The number of hydrogen-bond acceptors (Lipinski definition) is 6. The van der Waals surface area contributed by atoms with Gasteiger partial charge in [0.2, 0.25) is 0 Å². The van der Waals surface area contributed by atoms with Crippen molar-refractivity contribution in [3.63, 3.8) is 0 Å². The molecule has 6 nitrogen and oxygen atoms in total. The van der Waals surface area contributed by atoms with E-state index in [4.69, 9.17) is 21.7 Å². The van der Waals surface area contributed by atoms with Gasteiger partial charge in [0.15, 0.2) is 5.11 Å². The molecule has 1 aromatic heterocycles. The number of carbonyl (C=O) groups is 2. The Morgan fingerprint density at radius 3 is 2.81 bits per heavy atom. The molecule has 1 aliphatic rings. The maximum Gasteiger partial charge on any atom is 0.341 e. The Kier molecular flexibility index (Phi) is 8.03. The van der Waals surface area contributed by atoms with Gasteiger partial charge < -0.3 is 14.8 Å². The van der Waals surface area contributed by atoms with Crippen molar-refractivity contribution >= 4 is 45.5 Å². The van der Waals surface area contributed by atoms with Crippen molar-refractivity contribution in [2.75, 3.05) is 18.5 Å². The monoisotopic (exact) mass is 460 g/mol. The molecule has 1 heterocycles. The van der Waals surface area contributed by atoms with Crippen LogP contribution in [0.25, 0.3) is 0 Å². The van der Waals surface area contributed by atoms with E-state index in [1.54, 1.807) is 25.1 Å².